The van der Waals surface area contributed by atoms with Crippen molar-refractivity contribution in [2.75, 3.05) is 5.32 Å². The molecule has 1 amide bonds. The van der Waals surface area contributed by atoms with Gasteiger partial charge in [0.2, 0.25) is 0 Å². The number of fused-ring (bicyclic) bond motifs is 1. The Bertz CT molecular complexity index is 1370. The summed E-state index contributed by atoms with van der Waals surface area (Å²) in [6.45, 7) is 3.64. The van der Waals surface area contributed by atoms with E-state index in [9.17, 15) is 19.7 Å². The summed E-state index contributed by atoms with van der Waals surface area (Å²) in [5.41, 5.74) is 2.70. The molecular weight excluding hydrogens is 416 g/mol. The van der Waals surface area contributed by atoms with Crippen LogP contribution < -0.4 is 10.9 Å². The molecule has 9 heteroatoms. The van der Waals surface area contributed by atoms with Crippen molar-refractivity contribution in [2.24, 2.45) is 0 Å². The molecule has 0 spiro atoms. The number of carbonyl (C=O) groups excluding carboxylic acids is 1. The van der Waals surface area contributed by atoms with Crippen LogP contribution in [0, 0.1) is 24.0 Å². The number of nitrogens with one attached hydrogen (secondary N) is 2. The molecule has 0 aliphatic rings. The van der Waals surface area contributed by atoms with Crippen LogP contribution in [0.4, 0.5) is 11.4 Å². The van der Waals surface area contributed by atoms with E-state index in [4.69, 9.17) is 0 Å². The Kier molecular flexibility index (Phi) is 5.35. The zero-order chi connectivity index (χ0) is 22.1. The fourth-order valence-electron chi connectivity index (χ4n) is 3.31. The van der Waals surface area contributed by atoms with Crippen LogP contribution in [0.25, 0.3) is 10.2 Å². The number of rotatable bonds is 5. The molecule has 4 aromatic rings. The molecule has 0 aliphatic heterocycles. The molecule has 2 aromatic heterocycles. The Labute approximate surface area is 180 Å². The highest BCUT2D eigenvalue weighted by molar-refractivity contribution is 7.20. The third-order valence-corrected chi connectivity index (χ3v) is 6.15. The minimum atomic E-state index is -0.464. The number of amides is 1. The predicted octanol–water partition coefficient (Wildman–Crippen LogP) is 4.35. The van der Waals surface area contributed by atoms with Crippen molar-refractivity contribution in [3.05, 3.63) is 96.4 Å². The molecule has 0 fully saturated rings. The molecule has 31 heavy (non-hydrogen) atoms. The van der Waals surface area contributed by atoms with Gasteiger partial charge in [-0.15, -0.1) is 11.3 Å². The largest absolute Gasteiger partial charge is 0.321 e. The minimum Gasteiger partial charge on any atom is -0.321 e. The van der Waals surface area contributed by atoms with Gasteiger partial charge < -0.3 is 10.3 Å². The average molecular weight is 434 g/mol. The van der Waals surface area contributed by atoms with Crippen molar-refractivity contribution in [1.82, 2.24) is 9.97 Å². The number of hydrogen-bond donors (Lipinski definition) is 2. The second-order valence-corrected chi connectivity index (χ2v) is 8.12. The summed E-state index contributed by atoms with van der Waals surface area (Å²) < 4.78 is 0. The molecule has 2 N–H and O–H groups in total. The lowest BCUT2D eigenvalue weighted by molar-refractivity contribution is -0.384. The van der Waals surface area contributed by atoms with Crippen LogP contribution in [0.3, 0.4) is 0 Å². The van der Waals surface area contributed by atoms with E-state index >= 15 is 0 Å². The number of aryl methyl sites for hydroxylation is 2. The topological polar surface area (TPSA) is 118 Å². The molecule has 0 bridgehead atoms. The molecule has 0 atom stereocenters. The molecule has 0 saturated heterocycles. The first kappa shape index (κ1) is 20.4. The Hall–Kier alpha value is -3.85. The van der Waals surface area contributed by atoms with Crippen molar-refractivity contribution in [3.8, 4) is 0 Å². The monoisotopic (exact) mass is 434 g/mol. The van der Waals surface area contributed by atoms with E-state index in [1.54, 1.807) is 19.1 Å². The number of para-hydroxylation sites is 1. The Morgan fingerprint density at radius 3 is 2.55 bits per heavy atom. The fourth-order valence-corrected chi connectivity index (χ4v) is 4.41. The molecule has 8 nitrogen and oxygen atoms in total. The number of hydrogen-bond acceptors (Lipinski definition) is 6. The molecule has 0 saturated carbocycles. The predicted molar refractivity (Wildman–Crippen MR) is 120 cm³/mol. The van der Waals surface area contributed by atoms with E-state index in [1.165, 1.54) is 23.5 Å². The molecule has 4 rings (SSSR count). The van der Waals surface area contributed by atoms with Crippen LogP contribution in [0.5, 0.6) is 0 Å². The number of anilines is 1. The lowest BCUT2D eigenvalue weighted by Crippen LogP contribution is -2.14. The van der Waals surface area contributed by atoms with Crippen LogP contribution in [-0.4, -0.2) is 20.8 Å². The first-order valence-electron chi connectivity index (χ1n) is 9.46. The number of carbonyl (C=O) groups is 1. The van der Waals surface area contributed by atoms with Gasteiger partial charge in [-0.05, 0) is 36.6 Å². The number of aromatic nitrogens is 2. The number of nitro groups is 1. The van der Waals surface area contributed by atoms with Gasteiger partial charge in [0.1, 0.15) is 10.7 Å². The number of non-ortho nitro benzene ring substituents is 1. The van der Waals surface area contributed by atoms with E-state index < -0.39 is 4.92 Å². The number of thiophene rings is 1. The molecule has 0 aliphatic carbocycles. The lowest BCUT2D eigenvalue weighted by atomic mass is 10.1. The van der Waals surface area contributed by atoms with Gasteiger partial charge in [-0.1, -0.05) is 30.3 Å². The fraction of sp³-hybridized carbons (Fsp3) is 0.136. The van der Waals surface area contributed by atoms with Gasteiger partial charge in [0, 0.05) is 24.2 Å². The molecular formula is C22H18N4O4S. The van der Waals surface area contributed by atoms with Crippen LogP contribution in [0.2, 0.25) is 0 Å². The average Bonchev–Trinajstić information content (AvgIpc) is 3.07. The number of nitrogens with zero attached hydrogens (tertiary/aromatic N) is 2. The molecule has 2 heterocycles. The van der Waals surface area contributed by atoms with Crippen molar-refractivity contribution < 1.29 is 9.72 Å². The summed E-state index contributed by atoms with van der Waals surface area (Å²) in [6.07, 6.45) is 0.310. The number of H-pyrrole nitrogens is 1. The highest BCUT2D eigenvalue weighted by atomic mass is 32.1. The normalized spacial score (nSPS) is 10.9. The van der Waals surface area contributed by atoms with Gasteiger partial charge in [-0.2, -0.15) is 0 Å². The summed E-state index contributed by atoms with van der Waals surface area (Å²) in [7, 11) is 0. The van der Waals surface area contributed by atoms with Gasteiger partial charge in [0.25, 0.3) is 17.2 Å². The summed E-state index contributed by atoms with van der Waals surface area (Å²) in [5.74, 6) is 0.143. The summed E-state index contributed by atoms with van der Waals surface area (Å²) in [4.78, 5) is 44.1. The minimum absolute atomic E-state index is 0.00107. The summed E-state index contributed by atoms with van der Waals surface area (Å²) in [5, 5.41) is 14.1. The van der Waals surface area contributed by atoms with Crippen molar-refractivity contribution in [3.63, 3.8) is 0 Å². The molecule has 0 unspecified atom stereocenters. The zero-order valence-electron chi connectivity index (χ0n) is 16.8. The van der Waals surface area contributed by atoms with E-state index in [1.807, 2.05) is 31.2 Å². The highest BCUT2D eigenvalue weighted by Gasteiger charge is 2.20. The smallest absolute Gasteiger partial charge is 0.269 e. The Morgan fingerprint density at radius 1 is 1.16 bits per heavy atom. The summed E-state index contributed by atoms with van der Waals surface area (Å²) >= 11 is 1.17. The Morgan fingerprint density at radius 2 is 1.87 bits per heavy atom. The maximum atomic E-state index is 12.8. The van der Waals surface area contributed by atoms with Crippen LogP contribution >= 0.6 is 11.3 Å². The number of aromatic amines is 1. The lowest BCUT2D eigenvalue weighted by Gasteiger charge is -2.07. The van der Waals surface area contributed by atoms with Crippen LogP contribution in [0.1, 0.15) is 32.2 Å². The zero-order valence-corrected chi connectivity index (χ0v) is 17.6. The third kappa shape index (κ3) is 4.08. The van der Waals surface area contributed by atoms with Gasteiger partial charge in [-0.3, -0.25) is 19.7 Å². The first-order valence-corrected chi connectivity index (χ1v) is 10.3. The number of benzene rings is 2. The van der Waals surface area contributed by atoms with Crippen molar-refractivity contribution in [1.29, 1.82) is 0 Å². The van der Waals surface area contributed by atoms with Gasteiger partial charge in [-0.25, -0.2) is 4.98 Å². The van der Waals surface area contributed by atoms with Gasteiger partial charge >= 0.3 is 0 Å². The van der Waals surface area contributed by atoms with E-state index in [2.05, 4.69) is 15.3 Å². The molecule has 156 valence electrons. The Balaban J connectivity index is 1.65. The van der Waals surface area contributed by atoms with E-state index in [0.717, 1.165) is 11.1 Å². The number of nitro benzene ring substituents is 1. The maximum Gasteiger partial charge on any atom is 0.269 e. The molecule has 2 aromatic carbocycles. The van der Waals surface area contributed by atoms with E-state index in [0.29, 0.717) is 38.6 Å². The summed E-state index contributed by atoms with van der Waals surface area (Å²) in [6, 6.07) is 13.5. The SMILES string of the molecule is Cc1ccccc1NC(=O)c1sc2nc(Cc3ccc([N+](=O)[O-])cc3)[nH]c(=O)c2c1C. The first-order chi connectivity index (χ1) is 14.8. The molecule has 0 radical (unpaired) electrons. The van der Waals surface area contributed by atoms with Crippen molar-refractivity contribution in [2.45, 2.75) is 20.3 Å². The third-order valence-electron chi connectivity index (χ3n) is 4.97. The second-order valence-electron chi connectivity index (χ2n) is 7.12. The van der Waals surface area contributed by atoms with Crippen LogP contribution in [-0.2, 0) is 6.42 Å². The second kappa shape index (κ2) is 8.11. The quantitative estimate of drug-likeness (QED) is 0.358. The van der Waals surface area contributed by atoms with E-state index in [-0.39, 0.29) is 17.2 Å². The maximum absolute atomic E-state index is 12.8. The standard InChI is InChI=1S/C22H18N4O4S/c1-12-5-3-4-6-16(12)23-21(28)19-13(2)18-20(27)24-17(25-22(18)31-19)11-14-7-9-15(10-8-14)26(29)30/h3-10H,11H2,1-2H3,(H,23,28)(H,24,25,27). The van der Waals surface area contributed by atoms with Crippen LogP contribution in [0.15, 0.2) is 53.3 Å². The van der Waals surface area contributed by atoms with Gasteiger partial charge in [0.15, 0.2) is 0 Å². The van der Waals surface area contributed by atoms with Crippen molar-refractivity contribution >= 4 is 38.8 Å². The van der Waals surface area contributed by atoms with Gasteiger partial charge in [0.05, 0.1) is 15.2 Å². The highest BCUT2D eigenvalue weighted by Crippen LogP contribution is 2.28.